The van der Waals surface area contributed by atoms with E-state index >= 15 is 0 Å². The van der Waals surface area contributed by atoms with Crippen LogP contribution in [0.1, 0.15) is 87.8 Å². The van der Waals surface area contributed by atoms with Gasteiger partial charge in [0.2, 0.25) is 0 Å². The molecule has 6 aromatic rings. The maximum absolute atomic E-state index is 13.0. The summed E-state index contributed by atoms with van der Waals surface area (Å²) < 4.78 is 11.7. The zero-order valence-electron chi connectivity index (χ0n) is 33.8. The fraction of sp³-hybridized carbons (Fsp3) is 0.255. The van der Waals surface area contributed by atoms with Crippen LogP contribution in [-0.4, -0.2) is 25.0 Å². The van der Waals surface area contributed by atoms with E-state index in [4.69, 9.17) is 9.47 Å². The van der Waals surface area contributed by atoms with Crippen molar-refractivity contribution in [3.8, 4) is 22.6 Å². The topological polar surface area (TPSA) is 76.7 Å². The quantitative estimate of drug-likeness (QED) is 0.116. The van der Waals surface area contributed by atoms with Crippen molar-refractivity contribution >= 4 is 23.2 Å². The number of anilines is 2. The van der Waals surface area contributed by atoms with E-state index in [9.17, 15) is 9.59 Å². The number of fused-ring (bicyclic) bond motifs is 3. The summed E-state index contributed by atoms with van der Waals surface area (Å²) in [6.07, 6.45) is 2.07. The number of carbonyl (C=O) groups excluding carboxylic acids is 2. The van der Waals surface area contributed by atoms with Gasteiger partial charge in [-0.15, -0.1) is 0 Å². The highest BCUT2D eigenvalue weighted by Gasteiger charge is 2.45. The molecule has 6 heteroatoms. The van der Waals surface area contributed by atoms with Gasteiger partial charge in [0.25, 0.3) is 11.8 Å². The Hall–Kier alpha value is -6.14. The normalized spacial score (nSPS) is 12.9. The third-order valence-electron chi connectivity index (χ3n) is 11.9. The monoisotopic (exact) mass is 756 g/mol. The van der Waals surface area contributed by atoms with Crippen molar-refractivity contribution in [3.63, 3.8) is 0 Å². The van der Waals surface area contributed by atoms with Crippen LogP contribution in [0.3, 0.4) is 0 Å². The van der Waals surface area contributed by atoms with Crippen LogP contribution in [0.15, 0.2) is 146 Å². The van der Waals surface area contributed by atoms with Crippen molar-refractivity contribution in [1.82, 2.24) is 0 Å². The fourth-order valence-corrected chi connectivity index (χ4v) is 7.74. The van der Waals surface area contributed by atoms with Gasteiger partial charge < -0.3 is 20.1 Å². The Kier molecular flexibility index (Phi) is 11.1. The number of hydrogen-bond acceptors (Lipinski definition) is 4. The van der Waals surface area contributed by atoms with E-state index in [1.165, 1.54) is 33.4 Å². The van der Waals surface area contributed by atoms with E-state index < -0.39 is 5.41 Å². The number of carbonyl (C=O) groups is 2. The first-order valence-corrected chi connectivity index (χ1v) is 19.9. The number of benzene rings is 6. The van der Waals surface area contributed by atoms with Crippen LogP contribution in [0, 0.1) is 0 Å². The summed E-state index contributed by atoms with van der Waals surface area (Å²) in [4.78, 5) is 26.0. The predicted octanol–water partition coefficient (Wildman–Crippen LogP) is 11.5. The van der Waals surface area contributed by atoms with Crippen molar-refractivity contribution in [2.24, 2.45) is 0 Å². The van der Waals surface area contributed by atoms with Crippen LogP contribution in [0.5, 0.6) is 11.5 Å². The Bertz CT molecular complexity index is 2170. The molecular formula is C51H52N2O4. The molecule has 6 nitrogen and oxygen atoms in total. The van der Waals surface area contributed by atoms with E-state index in [1.54, 1.807) is 0 Å². The number of nitrogens with one attached hydrogen (secondary N) is 2. The summed E-state index contributed by atoms with van der Waals surface area (Å²) in [5.74, 6) is 0.855. The Morgan fingerprint density at radius 2 is 0.842 bits per heavy atom. The lowest BCUT2D eigenvalue weighted by atomic mass is 9.67. The first-order chi connectivity index (χ1) is 27.4. The highest BCUT2D eigenvalue weighted by atomic mass is 16.5. The zero-order chi connectivity index (χ0) is 40.2. The summed E-state index contributed by atoms with van der Waals surface area (Å²) >= 11 is 0. The molecule has 0 fully saturated rings. The van der Waals surface area contributed by atoms with Gasteiger partial charge in [0, 0.05) is 11.4 Å². The third-order valence-corrected chi connectivity index (χ3v) is 11.9. The van der Waals surface area contributed by atoms with Gasteiger partial charge in [0.1, 0.15) is 11.5 Å². The predicted molar refractivity (Wildman–Crippen MR) is 232 cm³/mol. The molecule has 0 aromatic heterocycles. The van der Waals surface area contributed by atoms with Crippen molar-refractivity contribution in [2.75, 3.05) is 23.8 Å². The molecule has 0 aliphatic heterocycles. The maximum Gasteiger partial charge on any atom is 0.262 e. The van der Waals surface area contributed by atoms with Gasteiger partial charge in [-0.2, -0.15) is 0 Å². The minimum absolute atomic E-state index is 0.0836. The van der Waals surface area contributed by atoms with Gasteiger partial charge in [0.05, 0.1) is 5.41 Å². The molecule has 2 N–H and O–H groups in total. The van der Waals surface area contributed by atoms with Crippen molar-refractivity contribution in [2.45, 2.75) is 70.6 Å². The molecule has 0 saturated carbocycles. The average molecular weight is 757 g/mol. The molecule has 7 rings (SSSR count). The second-order valence-electron chi connectivity index (χ2n) is 16.2. The molecule has 0 radical (unpaired) electrons. The summed E-state index contributed by atoms with van der Waals surface area (Å²) in [7, 11) is 0. The van der Waals surface area contributed by atoms with Crippen LogP contribution in [-0.2, 0) is 25.8 Å². The van der Waals surface area contributed by atoms with Crippen LogP contribution < -0.4 is 20.1 Å². The van der Waals surface area contributed by atoms with Crippen molar-refractivity contribution < 1.29 is 19.1 Å². The van der Waals surface area contributed by atoms with E-state index in [2.05, 4.69) is 149 Å². The summed E-state index contributed by atoms with van der Waals surface area (Å²) in [6.45, 7) is 13.1. The Balaban J connectivity index is 1.09. The SMILES string of the molecule is CCC(C)(C)c1ccc(OCC(=O)Nc2ccc(C3(c4ccc(NC(=O)COc5ccc(C(C)(C)CC)cc5)cc4)c4ccccc4-c4ccccc43)cc2)cc1. The van der Waals surface area contributed by atoms with Crippen LogP contribution in [0.25, 0.3) is 11.1 Å². The second kappa shape index (κ2) is 16.1. The van der Waals surface area contributed by atoms with Gasteiger partial charge in [-0.05, 0) is 117 Å². The lowest BCUT2D eigenvalue weighted by molar-refractivity contribution is -0.118. The van der Waals surface area contributed by atoms with E-state index in [-0.39, 0.29) is 35.9 Å². The molecule has 0 heterocycles. The smallest absolute Gasteiger partial charge is 0.262 e. The summed E-state index contributed by atoms with van der Waals surface area (Å²) in [6, 6.07) is 49.2. The maximum atomic E-state index is 13.0. The standard InChI is InChI=1S/C51H52N2O4/c1-7-49(3,4)35-21-29-41(30-22-35)56-33-47(54)52-39-25-17-37(18-26-39)51(45-15-11-9-13-43(45)44-14-10-12-16-46(44)51)38-19-27-40(28-20-38)53-48(55)34-57-42-31-23-36(24-32-42)50(5,6)8-2/h9-32H,7-8,33-34H2,1-6H3,(H,52,54)(H,53,55). The van der Waals surface area contributed by atoms with Gasteiger partial charge >= 0.3 is 0 Å². The Morgan fingerprint density at radius 1 is 0.491 bits per heavy atom. The minimum atomic E-state index is -0.637. The third kappa shape index (κ3) is 7.95. The summed E-state index contributed by atoms with van der Waals surface area (Å²) in [5.41, 5.74) is 10.2. The molecule has 0 bridgehead atoms. The van der Waals surface area contributed by atoms with Gasteiger partial charge in [-0.3, -0.25) is 9.59 Å². The first-order valence-electron chi connectivity index (χ1n) is 19.9. The molecular weight excluding hydrogens is 705 g/mol. The Morgan fingerprint density at radius 3 is 1.19 bits per heavy atom. The first kappa shape index (κ1) is 39.1. The molecule has 0 spiro atoms. The molecule has 1 aliphatic rings. The average Bonchev–Trinajstić information content (AvgIpc) is 3.54. The van der Waals surface area contributed by atoms with Crippen LogP contribution >= 0.6 is 0 Å². The lowest BCUT2D eigenvalue weighted by Gasteiger charge is -2.34. The number of ether oxygens (including phenoxy) is 2. The lowest BCUT2D eigenvalue weighted by Crippen LogP contribution is -2.28. The van der Waals surface area contributed by atoms with Crippen LogP contribution in [0.4, 0.5) is 11.4 Å². The molecule has 6 aromatic carbocycles. The van der Waals surface area contributed by atoms with E-state index in [0.717, 1.165) is 24.0 Å². The van der Waals surface area contributed by atoms with Crippen molar-refractivity contribution in [1.29, 1.82) is 0 Å². The van der Waals surface area contributed by atoms with E-state index in [0.29, 0.717) is 22.9 Å². The summed E-state index contributed by atoms with van der Waals surface area (Å²) in [5, 5.41) is 6.02. The highest BCUT2D eigenvalue weighted by molar-refractivity contribution is 5.93. The zero-order valence-corrected chi connectivity index (χ0v) is 33.8. The number of hydrogen-bond donors (Lipinski definition) is 2. The highest BCUT2D eigenvalue weighted by Crippen LogP contribution is 2.56. The molecule has 1 aliphatic carbocycles. The number of amides is 2. The molecule has 0 unspecified atom stereocenters. The molecule has 57 heavy (non-hydrogen) atoms. The van der Waals surface area contributed by atoms with Crippen molar-refractivity contribution in [3.05, 3.63) is 179 Å². The second-order valence-corrected chi connectivity index (χ2v) is 16.2. The number of rotatable bonds is 14. The fourth-order valence-electron chi connectivity index (χ4n) is 7.74. The Labute approximate surface area is 337 Å². The van der Waals surface area contributed by atoms with Crippen LogP contribution in [0.2, 0.25) is 0 Å². The molecule has 290 valence electrons. The molecule has 0 atom stereocenters. The molecule has 2 amide bonds. The van der Waals surface area contributed by atoms with Gasteiger partial charge in [0.15, 0.2) is 13.2 Å². The van der Waals surface area contributed by atoms with Gasteiger partial charge in [-0.1, -0.05) is 139 Å². The molecule has 0 saturated heterocycles. The largest absolute Gasteiger partial charge is 0.484 e. The van der Waals surface area contributed by atoms with Gasteiger partial charge in [-0.25, -0.2) is 0 Å². The van der Waals surface area contributed by atoms with E-state index in [1.807, 2.05) is 48.5 Å². The minimum Gasteiger partial charge on any atom is -0.484 e.